The molecule has 0 spiro atoms. The number of phenols is 1. The molecule has 0 amide bonds. The van der Waals surface area contributed by atoms with Crippen molar-refractivity contribution in [1.29, 1.82) is 0 Å². The van der Waals surface area contributed by atoms with Gasteiger partial charge in [-0.25, -0.2) is 19.3 Å². The third kappa shape index (κ3) is 3.10. The molecule has 6 rings (SSSR count). The van der Waals surface area contributed by atoms with Gasteiger partial charge in [0.1, 0.15) is 17.1 Å². The highest BCUT2D eigenvalue weighted by Gasteiger charge is 2.18. The first-order valence-corrected chi connectivity index (χ1v) is 10.3. The largest absolute Gasteiger partial charge is 0.508 e. The van der Waals surface area contributed by atoms with Gasteiger partial charge in [-0.05, 0) is 54.4 Å². The Morgan fingerprint density at radius 1 is 1.06 bits per heavy atom. The summed E-state index contributed by atoms with van der Waals surface area (Å²) < 4.78 is 13.9. The van der Waals surface area contributed by atoms with Crippen molar-refractivity contribution in [3.63, 3.8) is 0 Å². The zero-order chi connectivity index (χ0) is 21.7. The Labute approximate surface area is 181 Å². The highest BCUT2D eigenvalue weighted by molar-refractivity contribution is 5.94. The Balaban J connectivity index is 1.49. The van der Waals surface area contributed by atoms with E-state index >= 15 is 0 Å². The van der Waals surface area contributed by atoms with E-state index in [0.717, 1.165) is 36.8 Å². The average molecular weight is 427 g/mol. The van der Waals surface area contributed by atoms with Crippen LogP contribution in [0.25, 0.3) is 50.4 Å². The molecule has 0 unspecified atom stereocenters. The van der Waals surface area contributed by atoms with E-state index in [9.17, 15) is 9.50 Å². The van der Waals surface area contributed by atoms with Crippen LogP contribution in [0.4, 0.5) is 4.39 Å². The molecule has 4 aromatic heterocycles. The van der Waals surface area contributed by atoms with Crippen LogP contribution in [0.3, 0.4) is 0 Å². The van der Waals surface area contributed by atoms with Crippen molar-refractivity contribution in [1.82, 2.24) is 35.5 Å². The van der Waals surface area contributed by atoms with Crippen LogP contribution in [-0.2, 0) is 0 Å². The monoisotopic (exact) mass is 427 g/mol. The molecule has 0 saturated carbocycles. The number of aromatic nitrogens is 6. The molecule has 0 fully saturated rings. The second-order valence-corrected chi connectivity index (χ2v) is 7.69. The lowest BCUT2D eigenvalue weighted by Gasteiger charge is -2.13. The Hall–Kier alpha value is -4.11. The summed E-state index contributed by atoms with van der Waals surface area (Å²) in [7, 11) is 0. The molecule has 5 aromatic rings. The minimum Gasteiger partial charge on any atom is -0.508 e. The third-order valence-electron chi connectivity index (χ3n) is 5.61. The van der Waals surface area contributed by atoms with Gasteiger partial charge < -0.3 is 15.4 Å². The quantitative estimate of drug-likeness (QED) is 0.348. The van der Waals surface area contributed by atoms with Crippen LogP contribution in [0.2, 0.25) is 0 Å². The number of pyridine rings is 2. The van der Waals surface area contributed by atoms with Gasteiger partial charge in [0.15, 0.2) is 17.2 Å². The van der Waals surface area contributed by atoms with Crippen LogP contribution in [0.15, 0.2) is 48.7 Å². The predicted octanol–water partition coefficient (Wildman–Crippen LogP) is 3.78. The number of benzene rings is 1. The Morgan fingerprint density at radius 3 is 2.84 bits per heavy atom. The van der Waals surface area contributed by atoms with E-state index in [4.69, 9.17) is 4.98 Å². The Kier molecular flexibility index (Phi) is 4.22. The van der Waals surface area contributed by atoms with Gasteiger partial charge in [-0.2, -0.15) is 5.10 Å². The highest BCUT2D eigenvalue weighted by atomic mass is 19.1. The maximum absolute atomic E-state index is 13.9. The van der Waals surface area contributed by atoms with Gasteiger partial charge in [0.2, 0.25) is 0 Å². The first-order chi connectivity index (χ1) is 15.7. The molecule has 5 heterocycles. The molecule has 0 atom stereocenters. The van der Waals surface area contributed by atoms with Crippen molar-refractivity contribution >= 4 is 27.8 Å². The minimum absolute atomic E-state index is 0.146. The fourth-order valence-corrected chi connectivity index (χ4v) is 4.09. The Morgan fingerprint density at radius 2 is 2.00 bits per heavy atom. The van der Waals surface area contributed by atoms with Gasteiger partial charge in [-0.15, -0.1) is 0 Å². The summed E-state index contributed by atoms with van der Waals surface area (Å²) in [6.45, 7) is 1.76. The van der Waals surface area contributed by atoms with Crippen molar-refractivity contribution in [3.8, 4) is 28.4 Å². The van der Waals surface area contributed by atoms with Crippen molar-refractivity contribution in [2.24, 2.45) is 0 Å². The van der Waals surface area contributed by atoms with Crippen molar-refractivity contribution in [3.05, 3.63) is 60.2 Å². The van der Waals surface area contributed by atoms with Gasteiger partial charge in [0.25, 0.3) is 0 Å². The van der Waals surface area contributed by atoms with Gasteiger partial charge >= 0.3 is 0 Å². The number of nitrogens with one attached hydrogen (secondary N) is 3. The van der Waals surface area contributed by atoms with E-state index < -0.39 is 5.82 Å². The fourth-order valence-electron chi connectivity index (χ4n) is 4.09. The van der Waals surface area contributed by atoms with E-state index in [2.05, 4.69) is 36.5 Å². The second-order valence-electron chi connectivity index (χ2n) is 7.69. The van der Waals surface area contributed by atoms with Crippen molar-refractivity contribution in [2.75, 3.05) is 13.1 Å². The van der Waals surface area contributed by atoms with E-state index in [1.54, 1.807) is 12.3 Å². The molecule has 1 aromatic carbocycles. The molecule has 1 aliphatic rings. The minimum atomic E-state index is -0.521. The molecular formula is C23H18FN7O. The number of aromatic hydroxyl groups is 1. The lowest BCUT2D eigenvalue weighted by molar-refractivity contribution is 0.469. The van der Waals surface area contributed by atoms with Crippen LogP contribution < -0.4 is 5.32 Å². The fraction of sp³-hybridized carbons (Fsp3) is 0.130. The summed E-state index contributed by atoms with van der Waals surface area (Å²) >= 11 is 0. The number of imidazole rings is 1. The molecule has 32 heavy (non-hydrogen) atoms. The summed E-state index contributed by atoms with van der Waals surface area (Å²) in [5.41, 5.74) is 6.53. The number of halogens is 1. The molecule has 0 saturated heterocycles. The number of hydrogen-bond acceptors (Lipinski definition) is 6. The van der Waals surface area contributed by atoms with Gasteiger partial charge in [-0.1, -0.05) is 6.08 Å². The number of aromatic amines is 2. The number of phenolic OH excluding ortho intramolecular Hbond substituents is 1. The third-order valence-corrected chi connectivity index (χ3v) is 5.61. The number of nitrogens with zero attached hydrogens (tertiary/aromatic N) is 4. The SMILES string of the molecule is Oc1cc(F)cc(-c2ccnc3nc(-c4n[nH]c5ccc(C6=CCNCC6)nc45)[nH]c23)c1. The maximum Gasteiger partial charge on any atom is 0.178 e. The predicted molar refractivity (Wildman–Crippen MR) is 119 cm³/mol. The molecule has 9 heteroatoms. The van der Waals surface area contributed by atoms with Crippen LogP contribution >= 0.6 is 0 Å². The lowest BCUT2D eigenvalue weighted by atomic mass is 10.1. The van der Waals surface area contributed by atoms with E-state index in [0.29, 0.717) is 39.3 Å². The number of fused-ring (bicyclic) bond motifs is 2. The smallest absolute Gasteiger partial charge is 0.178 e. The summed E-state index contributed by atoms with van der Waals surface area (Å²) in [6, 6.07) is 9.65. The summed E-state index contributed by atoms with van der Waals surface area (Å²) in [5.74, 6) is -0.158. The van der Waals surface area contributed by atoms with E-state index in [1.807, 2.05) is 12.1 Å². The number of rotatable bonds is 3. The average Bonchev–Trinajstić information content (AvgIpc) is 3.42. The van der Waals surface area contributed by atoms with E-state index in [-0.39, 0.29) is 5.75 Å². The van der Waals surface area contributed by atoms with Crippen LogP contribution in [0, 0.1) is 5.82 Å². The van der Waals surface area contributed by atoms with Gasteiger partial charge in [-0.3, -0.25) is 5.10 Å². The number of H-pyrrole nitrogens is 2. The van der Waals surface area contributed by atoms with Gasteiger partial charge in [0.05, 0.1) is 16.7 Å². The summed E-state index contributed by atoms with van der Waals surface area (Å²) in [5, 5.41) is 20.6. The first kappa shape index (κ1) is 18.6. The Bertz CT molecular complexity index is 1500. The molecule has 1 aliphatic heterocycles. The van der Waals surface area contributed by atoms with Crippen LogP contribution in [0.5, 0.6) is 5.75 Å². The summed E-state index contributed by atoms with van der Waals surface area (Å²) in [4.78, 5) is 17.1. The molecule has 0 aliphatic carbocycles. The zero-order valence-corrected chi connectivity index (χ0v) is 16.9. The maximum atomic E-state index is 13.9. The topological polar surface area (TPSA) is 115 Å². The standard InChI is InChI=1S/C23H18FN7O/c24-14-9-13(10-15(32)11-14)16-5-8-26-22-19(16)28-23(29-22)21-20-18(30-31-21)2-1-17(27-20)12-3-6-25-7-4-12/h1-3,5,8-11,25,32H,4,6-7H2,(H,30,31)(H,26,28,29). The van der Waals surface area contributed by atoms with Gasteiger partial charge in [0, 0.05) is 24.4 Å². The van der Waals surface area contributed by atoms with Crippen molar-refractivity contribution in [2.45, 2.75) is 6.42 Å². The molecular weight excluding hydrogens is 409 g/mol. The molecule has 4 N–H and O–H groups in total. The highest BCUT2D eigenvalue weighted by Crippen LogP contribution is 2.32. The van der Waals surface area contributed by atoms with E-state index in [1.165, 1.54) is 17.7 Å². The number of hydrogen-bond donors (Lipinski definition) is 4. The molecule has 158 valence electrons. The van der Waals surface area contributed by atoms with Crippen LogP contribution in [0.1, 0.15) is 12.1 Å². The molecule has 0 bridgehead atoms. The van der Waals surface area contributed by atoms with Crippen molar-refractivity contribution < 1.29 is 9.50 Å². The zero-order valence-electron chi connectivity index (χ0n) is 16.9. The summed E-state index contributed by atoms with van der Waals surface area (Å²) in [6.07, 6.45) is 4.68. The molecule has 0 radical (unpaired) electrons. The molecule has 8 nitrogen and oxygen atoms in total. The van der Waals surface area contributed by atoms with Crippen LogP contribution in [-0.4, -0.2) is 48.3 Å². The second kappa shape index (κ2) is 7.24. The lowest BCUT2D eigenvalue weighted by Crippen LogP contribution is -2.20. The normalized spacial score (nSPS) is 14.2. The first-order valence-electron chi connectivity index (χ1n) is 10.3.